The lowest BCUT2D eigenvalue weighted by atomic mass is 9.96. The highest BCUT2D eigenvalue weighted by atomic mass is 32.2. The Kier molecular flexibility index (Phi) is 6.85. The molecule has 0 atom stereocenters. The highest BCUT2D eigenvalue weighted by Gasteiger charge is 2.32. The molecule has 0 aliphatic carbocycles. The van der Waals surface area contributed by atoms with Gasteiger partial charge in [-0.25, -0.2) is 13.2 Å². The summed E-state index contributed by atoms with van der Waals surface area (Å²) in [6.45, 7) is 7.85. The first-order valence-electron chi connectivity index (χ1n) is 10.1. The molecule has 0 saturated heterocycles. The van der Waals surface area contributed by atoms with Crippen LogP contribution in [0.3, 0.4) is 0 Å². The zero-order valence-corrected chi connectivity index (χ0v) is 19.7. The molecule has 0 bridgehead atoms. The molecule has 2 aromatic heterocycles. The largest absolute Gasteiger partial charge is 0.462 e. The number of hydrogen-bond acceptors (Lipinski definition) is 9. The third-order valence-electron chi connectivity index (χ3n) is 4.77. The molecule has 31 heavy (non-hydrogen) atoms. The molecular weight excluding hydrogens is 442 g/mol. The molecule has 0 radical (unpaired) electrons. The third kappa shape index (κ3) is 5.70. The number of nitrogens with zero attached hydrogens (tertiary/aromatic N) is 2. The van der Waals surface area contributed by atoms with E-state index in [1.54, 1.807) is 6.92 Å². The number of fused-ring (bicyclic) bond motifs is 1. The van der Waals surface area contributed by atoms with E-state index >= 15 is 0 Å². The van der Waals surface area contributed by atoms with Gasteiger partial charge in [-0.15, -0.1) is 11.3 Å². The standard InChI is InChI=1S/C20H27N3O6S2/c1-5-28-18(25)16-12-9-10-31(26,27)11-13(12)30-17(16)21-14(24)7-6-8-15-22-19(23-29-15)20(2,3)4/h5-11H2,1-4H3,(H,21,24). The number of sulfone groups is 1. The van der Waals surface area contributed by atoms with Crippen molar-refractivity contribution in [3.8, 4) is 0 Å². The molecule has 1 aliphatic rings. The second-order valence-electron chi connectivity index (χ2n) is 8.43. The molecule has 0 unspecified atom stereocenters. The number of aryl methyl sites for hydroxylation is 1. The van der Waals surface area contributed by atoms with Crippen LogP contribution in [0.25, 0.3) is 0 Å². The molecule has 3 rings (SSSR count). The average molecular weight is 470 g/mol. The van der Waals surface area contributed by atoms with Gasteiger partial charge in [0.25, 0.3) is 0 Å². The molecule has 0 aromatic carbocycles. The second-order valence-corrected chi connectivity index (χ2v) is 11.7. The van der Waals surface area contributed by atoms with E-state index in [2.05, 4.69) is 15.5 Å². The minimum absolute atomic E-state index is 0.0166. The first kappa shape index (κ1) is 23.4. The molecule has 0 spiro atoms. The zero-order chi connectivity index (χ0) is 22.8. The van der Waals surface area contributed by atoms with Crippen LogP contribution in [0.2, 0.25) is 0 Å². The monoisotopic (exact) mass is 469 g/mol. The average Bonchev–Trinajstić information content (AvgIpc) is 3.25. The maximum absolute atomic E-state index is 12.5. The van der Waals surface area contributed by atoms with Crippen LogP contribution in [0.5, 0.6) is 0 Å². The lowest BCUT2D eigenvalue weighted by molar-refractivity contribution is -0.116. The van der Waals surface area contributed by atoms with Gasteiger partial charge in [-0.1, -0.05) is 25.9 Å². The number of carbonyl (C=O) groups is 2. The number of thiophene rings is 1. The molecule has 1 N–H and O–H groups in total. The Balaban J connectivity index is 1.67. The SMILES string of the molecule is CCOC(=O)c1c(NC(=O)CCCc2nc(C(C)(C)C)no2)sc2c1CCS(=O)(=O)C2. The summed E-state index contributed by atoms with van der Waals surface area (Å²) < 4.78 is 34.3. The van der Waals surface area contributed by atoms with Crippen LogP contribution in [0.15, 0.2) is 4.52 Å². The van der Waals surface area contributed by atoms with Gasteiger partial charge in [0.05, 0.1) is 23.7 Å². The topological polar surface area (TPSA) is 128 Å². The van der Waals surface area contributed by atoms with Crippen LogP contribution >= 0.6 is 11.3 Å². The molecule has 9 nitrogen and oxygen atoms in total. The summed E-state index contributed by atoms with van der Waals surface area (Å²) in [4.78, 5) is 29.9. The fourth-order valence-electron chi connectivity index (χ4n) is 3.18. The van der Waals surface area contributed by atoms with Crippen molar-refractivity contribution >= 4 is 38.1 Å². The predicted octanol–water partition coefficient (Wildman–Crippen LogP) is 3.04. The van der Waals surface area contributed by atoms with E-state index in [9.17, 15) is 18.0 Å². The van der Waals surface area contributed by atoms with Gasteiger partial charge in [-0.05, 0) is 25.3 Å². The molecule has 1 aliphatic heterocycles. The summed E-state index contributed by atoms with van der Waals surface area (Å²) in [6, 6.07) is 0. The van der Waals surface area contributed by atoms with Gasteiger partial charge in [-0.2, -0.15) is 4.98 Å². The van der Waals surface area contributed by atoms with Gasteiger partial charge in [0, 0.05) is 23.1 Å². The van der Waals surface area contributed by atoms with Gasteiger partial charge in [-0.3, -0.25) is 4.79 Å². The number of esters is 1. The minimum atomic E-state index is -3.20. The van der Waals surface area contributed by atoms with Crippen LogP contribution in [-0.4, -0.2) is 42.8 Å². The number of amides is 1. The first-order valence-corrected chi connectivity index (χ1v) is 12.8. The number of nitrogens with one attached hydrogen (secondary N) is 1. The van der Waals surface area contributed by atoms with Crippen LogP contribution < -0.4 is 5.32 Å². The van der Waals surface area contributed by atoms with Crippen molar-refractivity contribution in [2.45, 2.75) is 64.5 Å². The molecule has 0 fully saturated rings. The van der Waals surface area contributed by atoms with Crippen molar-refractivity contribution in [1.82, 2.24) is 10.1 Å². The quantitative estimate of drug-likeness (QED) is 0.613. The Morgan fingerprint density at radius 2 is 2.03 bits per heavy atom. The Morgan fingerprint density at radius 3 is 2.68 bits per heavy atom. The number of hydrogen-bond donors (Lipinski definition) is 1. The van der Waals surface area contributed by atoms with Crippen LogP contribution in [-0.2, 0) is 43.4 Å². The predicted molar refractivity (Wildman–Crippen MR) is 116 cm³/mol. The van der Waals surface area contributed by atoms with Crippen LogP contribution in [0.4, 0.5) is 5.00 Å². The smallest absolute Gasteiger partial charge is 0.341 e. The van der Waals surface area contributed by atoms with Crippen molar-refractivity contribution in [2.75, 3.05) is 17.7 Å². The highest BCUT2D eigenvalue weighted by Crippen LogP contribution is 2.38. The highest BCUT2D eigenvalue weighted by molar-refractivity contribution is 7.90. The minimum Gasteiger partial charge on any atom is -0.462 e. The van der Waals surface area contributed by atoms with Gasteiger partial charge in [0.2, 0.25) is 11.8 Å². The van der Waals surface area contributed by atoms with E-state index in [0.29, 0.717) is 40.0 Å². The van der Waals surface area contributed by atoms with Crippen molar-refractivity contribution in [2.24, 2.45) is 0 Å². The normalized spacial score (nSPS) is 15.4. The lowest BCUT2D eigenvalue weighted by Gasteiger charge is -2.13. The molecular formula is C20H27N3O6S2. The van der Waals surface area contributed by atoms with E-state index in [0.717, 1.165) is 11.3 Å². The van der Waals surface area contributed by atoms with E-state index in [1.807, 2.05) is 20.8 Å². The lowest BCUT2D eigenvalue weighted by Crippen LogP contribution is -2.20. The Bertz CT molecular complexity index is 1080. The maximum atomic E-state index is 12.5. The maximum Gasteiger partial charge on any atom is 0.341 e. The van der Waals surface area contributed by atoms with E-state index in [4.69, 9.17) is 9.26 Å². The summed E-state index contributed by atoms with van der Waals surface area (Å²) >= 11 is 1.13. The number of carbonyl (C=O) groups excluding carboxylic acids is 2. The molecule has 11 heteroatoms. The van der Waals surface area contributed by atoms with Gasteiger partial charge in [0.1, 0.15) is 5.00 Å². The van der Waals surface area contributed by atoms with Crippen LogP contribution in [0, 0.1) is 0 Å². The Labute approximate surface area is 185 Å². The Hall–Kier alpha value is -2.27. The number of aromatic nitrogens is 2. The van der Waals surface area contributed by atoms with E-state index < -0.39 is 15.8 Å². The zero-order valence-electron chi connectivity index (χ0n) is 18.1. The van der Waals surface area contributed by atoms with Crippen LogP contribution in [0.1, 0.15) is 73.1 Å². The number of ether oxygens (including phenoxy) is 1. The fourth-order valence-corrected chi connectivity index (χ4v) is 6.24. The number of rotatable bonds is 7. The molecule has 1 amide bonds. The summed E-state index contributed by atoms with van der Waals surface area (Å²) in [5, 5.41) is 7.08. The second kappa shape index (κ2) is 9.07. The summed E-state index contributed by atoms with van der Waals surface area (Å²) in [5.74, 6) is 0.129. The fraction of sp³-hybridized carbons (Fsp3) is 0.600. The molecule has 0 saturated carbocycles. The third-order valence-corrected chi connectivity index (χ3v) is 7.66. The summed E-state index contributed by atoms with van der Waals surface area (Å²) in [5.41, 5.74) is 0.722. The van der Waals surface area contributed by atoms with Crippen molar-refractivity contribution in [3.05, 3.63) is 27.7 Å². The van der Waals surface area contributed by atoms with Crippen molar-refractivity contribution in [3.63, 3.8) is 0 Å². The summed E-state index contributed by atoms with van der Waals surface area (Å²) in [7, 11) is -3.20. The summed E-state index contributed by atoms with van der Waals surface area (Å²) in [6.07, 6.45) is 1.38. The van der Waals surface area contributed by atoms with E-state index in [-0.39, 0.29) is 47.8 Å². The molecule has 2 aromatic rings. The first-order chi connectivity index (χ1) is 14.5. The van der Waals surface area contributed by atoms with Gasteiger partial charge >= 0.3 is 5.97 Å². The van der Waals surface area contributed by atoms with Gasteiger partial charge < -0.3 is 14.6 Å². The van der Waals surface area contributed by atoms with E-state index in [1.165, 1.54) is 0 Å². The van der Waals surface area contributed by atoms with Crippen molar-refractivity contribution < 1.29 is 27.3 Å². The Morgan fingerprint density at radius 1 is 1.29 bits per heavy atom. The molecule has 3 heterocycles. The molecule has 170 valence electrons. The number of anilines is 1. The van der Waals surface area contributed by atoms with Crippen molar-refractivity contribution in [1.29, 1.82) is 0 Å². The van der Waals surface area contributed by atoms with Gasteiger partial charge in [0.15, 0.2) is 15.7 Å².